The summed E-state index contributed by atoms with van der Waals surface area (Å²) in [5, 5.41) is 0. The zero-order chi connectivity index (χ0) is 12.5. The van der Waals surface area contributed by atoms with Crippen molar-refractivity contribution in [2.45, 2.75) is 40.8 Å². The van der Waals surface area contributed by atoms with Crippen molar-refractivity contribution in [1.82, 2.24) is 4.98 Å². The molecule has 1 rings (SSSR count). The minimum absolute atomic E-state index is 0.153. The molecule has 1 heterocycles. The van der Waals surface area contributed by atoms with Gasteiger partial charge in [-0.15, -0.1) is 0 Å². The van der Waals surface area contributed by atoms with Crippen molar-refractivity contribution < 1.29 is 13.2 Å². The Hall–Kier alpha value is -1.06. The van der Waals surface area contributed by atoms with Crippen molar-refractivity contribution in [2.24, 2.45) is 0 Å². The molecule has 0 saturated carbocycles. The first kappa shape index (κ1) is 16.4. The highest BCUT2D eigenvalue weighted by Gasteiger charge is 2.31. The van der Waals surface area contributed by atoms with Gasteiger partial charge in [0.05, 0.1) is 5.56 Å². The molecule has 0 saturated heterocycles. The van der Waals surface area contributed by atoms with Crippen LogP contribution in [0.5, 0.6) is 0 Å². The lowest BCUT2D eigenvalue weighted by Crippen LogP contribution is -2.07. The van der Waals surface area contributed by atoms with Crippen LogP contribution >= 0.6 is 0 Å². The summed E-state index contributed by atoms with van der Waals surface area (Å²) < 4.78 is 36.1. The number of hydrogen-bond donors (Lipinski definition) is 0. The third-order valence-corrected chi connectivity index (χ3v) is 1.33. The second kappa shape index (κ2) is 8.26. The van der Waals surface area contributed by atoms with E-state index in [9.17, 15) is 13.2 Å². The summed E-state index contributed by atoms with van der Waals surface area (Å²) in [7, 11) is 0. The average molecular weight is 221 g/mol. The predicted octanol–water partition coefficient (Wildman–Crippen LogP) is 4.46. The minimum atomic E-state index is -4.26. The maximum Gasteiger partial charge on any atom is 0.416 e. The fourth-order valence-electron chi connectivity index (χ4n) is 0.791. The first-order chi connectivity index (χ1) is 7.02. The van der Waals surface area contributed by atoms with Crippen LogP contribution in [0.3, 0.4) is 0 Å². The molecule has 0 fully saturated rings. The monoisotopic (exact) mass is 221 g/mol. The molecule has 0 bridgehead atoms. The molecule has 1 nitrogen and oxygen atoms in total. The highest BCUT2D eigenvalue weighted by molar-refractivity contribution is 5.24. The Kier molecular flexibility index (Phi) is 9.02. The van der Waals surface area contributed by atoms with Gasteiger partial charge in [-0.25, -0.2) is 0 Å². The molecule has 1 aromatic rings. The van der Waals surface area contributed by atoms with E-state index in [0.717, 1.165) is 12.3 Å². The van der Waals surface area contributed by atoms with Crippen LogP contribution in [0.25, 0.3) is 0 Å². The van der Waals surface area contributed by atoms with Gasteiger partial charge in [-0.05, 0) is 18.6 Å². The Morgan fingerprint density at radius 3 is 1.80 bits per heavy atom. The summed E-state index contributed by atoms with van der Waals surface area (Å²) in [5.41, 5.74) is -0.465. The Bertz CT molecular complexity index is 256. The van der Waals surface area contributed by atoms with Gasteiger partial charge in [-0.1, -0.05) is 27.7 Å². The van der Waals surface area contributed by atoms with Gasteiger partial charge in [0.25, 0.3) is 0 Å². The van der Waals surface area contributed by atoms with Gasteiger partial charge in [-0.3, -0.25) is 4.98 Å². The first-order valence-corrected chi connectivity index (χ1v) is 4.99. The molecule has 0 aliphatic heterocycles. The van der Waals surface area contributed by atoms with E-state index < -0.39 is 11.7 Å². The van der Waals surface area contributed by atoms with Gasteiger partial charge >= 0.3 is 6.18 Å². The molecule has 4 heteroatoms. The molecule has 0 aliphatic rings. The molecule has 0 atom stereocenters. The van der Waals surface area contributed by atoms with Crippen LogP contribution < -0.4 is 0 Å². The Morgan fingerprint density at radius 2 is 1.53 bits per heavy atom. The number of halogens is 3. The number of rotatable bonds is 0. The van der Waals surface area contributed by atoms with Gasteiger partial charge in [0.2, 0.25) is 0 Å². The molecule has 0 radical (unpaired) electrons. The Balaban J connectivity index is 0. The zero-order valence-corrected chi connectivity index (χ0v) is 9.81. The number of hydrogen-bond acceptors (Lipinski definition) is 1. The molecular weight excluding hydrogens is 203 g/mol. The number of alkyl halides is 3. The second-order valence-corrected chi connectivity index (χ2v) is 2.19. The second-order valence-electron chi connectivity index (χ2n) is 2.19. The van der Waals surface area contributed by atoms with E-state index in [0.29, 0.717) is 0 Å². The molecule has 0 unspecified atom stereocenters. The van der Waals surface area contributed by atoms with Crippen molar-refractivity contribution in [3.8, 4) is 0 Å². The van der Waals surface area contributed by atoms with E-state index >= 15 is 0 Å². The minimum Gasteiger partial charge on any atom is -0.264 e. The number of aryl methyl sites for hydroxylation is 1. The number of aromatic nitrogens is 1. The lowest BCUT2D eigenvalue weighted by Gasteiger charge is -2.07. The first-order valence-electron chi connectivity index (χ1n) is 4.99. The summed E-state index contributed by atoms with van der Waals surface area (Å²) in [5.74, 6) is 0. The van der Waals surface area contributed by atoms with Crippen LogP contribution in [0, 0.1) is 6.92 Å². The number of pyridine rings is 1. The van der Waals surface area contributed by atoms with Crippen LogP contribution in [0.4, 0.5) is 13.2 Å². The average Bonchev–Trinajstić information content (AvgIpc) is 2.23. The molecule has 0 aliphatic carbocycles. The van der Waals surface area contributed by atoms with Gasteiger partial charge in [0.1, 0.15) is 0 Å². The van der Waals surface area contributed by atoms with E-state index in [1.807, 2.05) is 27.7 Å². The largest absolute Gasteiger partial charge is 0.416 e. The molecule has 0 amide bonds. The van der Waals surface area contributed by atoms with Crippen LogP contribution in [0.1, 0.15) is 38.8 Å². The van der Waals surface area contributed by atoms with Crippen LogP contribution in [0.2, 0.25) is 0 Å². The maximum absolute atomic E-state index is 12.0. The van der Waals surface area contributed by atoms with Crippen molar-refractivity contribution in [2.75, 3.05) is 0 Å². The summed E-state index contributed by atoms with van der Waals surface area (Å²) in [4.78, 5) is 3.56. The topological polar surface area (TPSA) is 12.9 Å². The van der Waals surface area contributed by atoms with E-state index in [1.54, 1.807) is 0 Å². The summed E-state index contributed by atoms with van der Waals surface area (Å²) in [6.45, 7) is 9.38. The van der Waals surface area contributed by atoms with Crippen LogP contribution in [-0.4, -0.2) is 4.98 Å². The Morgan fingerprint density at radius 1 is 1.07 bits per heavy atom. The van der Waals surface area contributed by atoms with Crippen molar-refractivity contribution in [1.29, 1.82) is 0 Å². The van der Waals surface area contributed by atoms with Gasteiger partial charge in [0, 0.05) is 12.4 Å². The third kappa shape index (κ3) is 6.10. The smallest absolute Gasteiger partial charge is 0.264 e. The van der Waals surface area contributed by atoms with Crippen LogP contribution in [0.15, 0.2) is 18.5 Å². The van der Waals surface area contributed by atoms with Crippen molar-refractivity contribution >= 4 is 0 Å². The van der Waals surface area contributed by atoms with Gasteiger partial charge in [-0.2, -0.15) is 13.2 Å². The van der Waals surface area contributed by atoms with E-state index in [4.69, 9.17) is 0 Å². The normalized spacial score (nSPS) is 9.33. The van der Waals surface area contributed by atoms with Gasteiger partial charge in [0.15, 0.2) is 0 Å². The quantitative estimate of drug-likeness (QED) is 0.630. The maximum atomic E-state index is 12.0. The van der Waals surface area contributed by atoms with Crippen LogP contribution in [-0.2, 0) is 6.18 Å². The molecule has 0 spiro atoms. The third-order valence-electron chi connectivity index (χ3n) is 1.33. The van der Waals surface area contributed by atoms with Gasteiger partial charge < -0.3 is 0 Å². The molecule has 0 aromatic carbocycles. The molecule has 1 aromatic heterocycles. The summed E-state index contributed by atoms with van der Waals surface area (Å²) >= 11 is 0. The highest BCUT2D eigenvalue weighted by atomic mass is 19.4. The lowest BCUT2D eigenvalue weighted by molar-refractivity contribution is -0.138. The van der Waals surface area contributed by atoms with E-state index in [1.165, 1.54) is 13.1 Å². The molecule has 0 N–H and O–H groups in total. The van der Waals surface area contributed by atoms with Crippen molar-refractivity contribution in [3.63, 3.8) is 0 Å². The van der Waals surface area contributed by atoms with E-state index in [2.05, 4.69) is 4.98 Å². The SMILES string of the molecule is CC.CC.Cc1cnccc1C(F)(F)F. The standard InChI is InChI=1S/C7H6F3N.2C2H6/c1-5-4-11-3-2-6(5)7(8,9)10;2*1-2/h2-4H,1H3;2*1-2H3. The van der Waals surface area contributed by atoms with Crippen molar-refractivity contribution in [3.05, 3.63) is 29.6 Å². The predicted molar refractivity (Wildman–Crippen MR) is 56.7 cm³/mol. The Labute approximate surface area is 89.3 Å². The lowest BCUT2D eigenvalue weighted by atomic mass is 10.1. The van der Waals surface area contributed by atoms with E-state index in [-0.39, 0.29) is 5.56 Å². The fraction of sp³-hybridized carbons (Fsp3) is 0.545. The fourth-order valence-corrected chi connectivity index (χ4v) is 0.791. The summed E-state index contributed by atoms with van der Waals surface area (Å²) in [6.07, 6.45) is -1.92. The molecule has 88 valence electrons. The molecular formula is C11H18F3N. The zero-order valence-electron chi connectivity index (χ0n) is 9.81. The molecule has 15 heavy (non-hydrogen) atoms. The highest BCUT2D eigenvalue weighted by Crippen LogP contribution is 2.30. The summed E-state index contributed by atoms with van der Waals surface area (Å²) in [6, 6.07) is 0.968. The number of nitrogens with zero attached hydrogens (tertiary/aromatic N) is 1.